The Morgan fingerprint density at radius 3 is 2.70 bits per heavy atom. The Morgan fingerprint density at radius 1 is 1.35 bits per heavy atom. The number of amides is 2. The molecule has 0 radical (unpaired) electrons. The Kier molecular flexibility index (Phi) is 6.48. The van der Waals surface area contributed by atoms with Crippen molar-refractivity contribution in [2.75, 3.05) is 11.9 Å². The lowest BCUT2D eigenvalue weighted by Gasteiger charge is -2.12. The first-order valence-electron chi connectivity index (χ1n) is 6.48. The van der Waals surface area contributed by atoms with E-state index in [1.807, 2.05) is 6.92 Å². The van der Waals surface area contributed by atoms with E-state index < -0.39 is 17.9 Å². The molecule has 1 aromatic carbocycles. The summed E-state index contributed by atoms with van der Waals surface area (Å²) >= 11 is 5.93. The average Bonchev–Trinajstić information content (AvgIpc) is 2.41. The van der Waals surface area contributed by atoms with Crippen LogP contribution in [0.15, 0.2) is 18.2 Å². The number of anilines is 1. The number of carbonyl (C=O) groups excluding carboxylic acids is 2. The van der Waals surface area contributed by atoms with Gasteiger partial charge in [-0.15, -0.1) is 0 Å². The molecule has 2 amide bonds. The van der Waals surface area contributed by atoms with Crippen LogP contribution in [0.25, 0.3) is 0 Å². The lowest BCUT2D eigenvalue weighted by molar-refractivity contribution is -0.136. The highest BCUT2D eigenvalue weighted by Gasteiger charge is 2.16. The van der Waals surface area contributed by atoms with Crippen molar-refractivity contribution in [3.63, 3.8) is 0 Å². The van der Waals surface area contributed by atoms with Crippen LogP contribution >= 0.6 is 11.6 Å². The van der Waals surface area contributed by atoms with Crippen molar-refractivity contribution in [3.8, 4) is 0 Å². The average molecular weight is 299 g/mol. The fourth-order valence-electron chi connectivity index (χ4n) is 1.65. The molecule has 0 aromatic heterocycles. The Hall–Kier alpha value is -1.59. The zero-order valence-corrected chi connectivity index (χ0v) is 12.3. The van der Waals surface area contributed by atoms with E-state index in [1.54, 1.807) is 25.1 Å². The molecule has 110 valence electrons. The zero-order valence-electron chi connectivity index (χ0n) is 11.6. The number of benzene rings is 1. The van der Waals surface area contributed by atoms with E-state index in [9.17, 15) is 14.7 Å². The standard InChI is InChI=1S/C14H19ClN2O3/c1-3-5-10(18)8-16-13(19)14(20)17-12-7-4-6-11(15)9(12)2/h4,6-7,10,18H,3,5,8H2,1-2H3,(H,16,19)(H,17,20). The number of aliphatic hydroxyl groups is 1. The fraction of sp³-hybridized carbons (Fsp3) is 0.429. The lowest BCUT2D eigenvalue weighted by Crippen LogP contribution is -2.39. The van der Waals surface area contributed by atoms with Crippen molar-refractivity contribution in [1.82, 2.24) is 5.32 Å². The molecule has 0 aliphatic carbocycles. The van der Waals surface area contributed by atoms with Crippen molar-refractivity contribution >= 4 is 29.1 Å². The number of halogens is 1. The second kappa shape index (κ2) is 7.87. The number of aliphatic hydroxyl groups excluding tert-OH is 1. The number of nitrogens with one attached hydrogen (secondary N) is 2. The van der Waals surface area contributed by atoms with Crippen LogP contribution in [0.2, 0.25) is 5.02 Å². The number of hydrogen-bond acceptors (Lipinski definition) is 3. The van der Waals surface area contributed by atoms with Gasteiger partial charge >= 0.3 is 11.8 Å². The molecule has 1 aromatic rings. The Labute approximate surface area is 123 Å². The first-order chi connectivity index (χ1) is 9.45. The van der Waals surface area contributed by atoms with Gasteiger partial charge < -0.3 is 15.7 Å². The monoisotopic (exact) mass is 298 g/mol. The highest BCUT2D eigenvalue weighted by molar-refractivity contribution is 6.40. The summed E-state index contributed by atoms with van der Waals surface area (Å²) in [6.45, 7) is 3.75. The second-order valence-electron chi connectivity index (χ2n) is 4.52. The van der Waals surface area contributed by atoms with Crippen molar-refractivity contribution in [1.29, 1.82) is 0 Å². The summed E-state index contributed by atoms with van der Waals surface area (Å²) in [6.07, 6.45) is 0.755. The van der Waals surface area contributed by atoms with Gasteiger partial charge in [-0.05, 0) is 31.0 Å². The van der Waals surface area contributed by atoms with Gasteiger partial charge in [-0.2, -0.15) is 0 Å². The van der Waals surface area contributed by atoms with Crippen LogP contribution in [0, 0.1) is 6.92 Å². The molecule has 0 aliphatic heterocycles. The summed E-state index contributed by atoms with van der Waals surface area (Å²) in [5, 5.41) is 14.9. The van der Waals surface area contributed by atoms with Gasteiger partial charge in [0.2, 0.25) is 0 Å². The second-order valence-corrected chi connectivity index (χ2v) is 4.93. The van der Waals surface area contributed by atoms with Gasteiger partial charge in [-0.1, -0.05) is 31.0 Å². The van der Waals surface area contributed by atoms with E-state index >= 15 is 0 Å². The highest BCUT2D eigenvalue weighted by Crippen LogP contribution is 2.22. The van der Waals surface area contributed by atoms with Crippen molar-refractivity contribution < 1.29 is 14.7 Å². The van der Waals surface area contributed by atoms with Crippen LogP contribution in [0.4, 0.5) is 5.69 Å². The van der Waals surface area contributed by atoms with Gasteiger partial charge in [0.1, 0.15) is 0 Å². The Bertz CT molecular complexity index is 491. The zero-order chi connectivity index (χ0) is 15.1. The molecule has 3 N–H and O–H groups in total. The third-order valence-electron chi connectivity index (χ3n) is 2.84. The highest BCUT2D eigenvalue weighted by atomic mass is 35.5. The first-order valence-corrected chi connectivity index (χ1v) is 6.85. The van der Waals surface area contributed by atoms with Gasteiger partial charge in [-0.25, -0.2) is 0 Å². The van der Waals surface area contributed by atoms with Gasteiger partial charge in [0, 0.05) is 17.3 Å². The molecule has 0 saturated heterocycles. The number of rotatable bonds is 5. The van der Waals surface area contributed by atoms with Crippen LogP contribution in [0.5, 0.6) is 0 Å². The predicted octanol–water partition coefficient (Wildman–Crippen LogP) is 1.86. The minimum atomic E-state index is -0.779. The molecule has 0 fully saturated rings. The molecule has 0 heterocycles. The lowest BCUT2D eigenvalue weighted by atomic mass is 10.2. The molecule has 1 unspecified atom stereocenters. The Balaban J connectivity index is 2.54. The van der Waals surface area contributed by atoms with E-state index in [0.29, 0.717) is 22.7 Å². The number of carbonyl (C=O) groups is 2. The molecule has 0 spiro atoms. The van der Waals surface area contributed by atoms with E-state index in [0.717, 1.165) is 6.42 Å². The molecule has 20 heavy (non-hydrogen) atoms. The van der Waals surface area contributed by atoms with Crippen LogP contribution in [-0.4, -0.2) is 29.6 Å². The molecule has 1 atom stereocenters. The van der Waals surface area contributed by atoms with E-state index in [2.05, 4.69) is 10.6 Å². The smallest absolute Gasteiger partial charge is 0.313 e. The maximum Gasteiger partial charge on any atom is 0.313 e. The number of hydrogen-bond donors (Lipinski definition) is 3. The molecule has 5 nitrogen and oxygen atoms in total. The minimum Gasteiger partial charge on any atom is -0.391 e. The summed E-state index contributed by atoms with van der Waals surface area (Å²) in [5.74, 6) is -1.56. The van der Waals surface area contributed by atoms with Gasteiger partial charge in [0.05, 0.1) is 6.10 Å². The molecule has 0 saturated carbocycles. The summed E-state index contributed by atoms with van der Waals surface area (Å²) in [5.41, 5.74) is 1.19. The maximum atomic E-state index is 11.7. The third kappa shape index (κ3) is 4.83. The molecular formula is C14H19ClN2O3. The largest absolute Gasteiger partial charge is 0.391 e. The molecule has 1 rings (SSSR count). The van der Waals surface area contributed by atoms with Gasteiger partial charge in [-0.3, -0.25) is 9.59 Å². The summed E-state index contributed by atoms with van der Waals surface area (Å²) < 4.78 is 0. The van der Waals surface area contributed by atoms with Crippen LogP contribution in [0.1, 0.15) is 25.3 Å². The van der Waals surface area contributed by atoms with Crippen molar-refractivity contribution in [2.45, 2.75) is 32.8 Å². The van der Waals surface area contributed by atoms with Crippen molar-refractivity contribution in [2.24, 2.45) is 0 Å². The van der Waals surface area contributed by atoms with Gasteiger partial charge in [0.25, 0.3) is 0 Å². The van der Waals surface area contributed by atoms with E-state index in [4.69, 9.17) is 11.6 Å². The van der Waals surface area contributed by atoms with Crippen LogP contribution in [-0.2, 0) is 9.59 Å². The summed E-state index contributed by atoms with van der Waals surface area (Å²) in [4.78, 5) is 23.3. The van der Waals surface area contributed by atoms with Crippen LogP contribution in [0.3, 0.4) is 0 Å². The SMILES string of the molecule is CCCC(O)CNC(=O)C(=O)Nc1cccc(Cl)c1C. The maximum absolute atomic E-state index is 11.7. The summed E-state index contributed by atoms with van der Waals surface area (Å²) in [6, 6.07) is 5.06. The van der Waals surface area contributed by atoms with Crippen LogP contribution < -0.4 is 10.6 Å². The molecule has 0 bridgehead atoms. The minimum absolute atomic E-state index is 0.0641. The normalized spacial score (nSPS) is 11.8. The topological polar surface area (TPSA) is 78.4 Å². The molecule has 0 aliphatic rings. The molecular weight excluding hydrogens is 280 g/mol. The molecule has 6 heteroatoms. The van der Waals surface area contributed by atoms with Gasteiger partial charge in [0.15, 0.2) is 0 Å². The Morgan fingerprint density at radius 2 is 2.05 bits per heavy atom. The van der Waals surface area contributed by atoms with Crippen molar-refractivity contribution in [3.05, 3.63) is 28.8 Å². The third-order valence-corrected chi connectivity index (χ3v) is 3.25. The summed E-state index contributed by atoms with van der Waals surface area (Å²) in [7, 11) is 0. The van der Waals surface area contributed by atoms with E-state index in [1.165, 1.54) is 0 Å². The quantitative estimate of drug-likeness (QED) is 0.726. The van der Waals surface area contributed by atoms with E-state index in [-0.39, 0.29) is 6.54 Å². The first kappa shape index (κ1) is 16.5. The fourth-order valence-corrected chi connectivity index (χ4v) is 1.82. The predicted molar refractivity (Wildman–Crippen MR) is 78.7 cm³/mol.